The molecule has 1 aromatic heterocycles. The van der Waals surface area contributed by atoms with Gasteiger partial charge in [-0.2, -0.15) is 0 Å². The maximum Gasteiger partial charge on any atom is 0.372 e. The first kappa shape index (κ1) is 13.0. The molecule has 0 spiro atoms. The van der Waals surface area contributed by atoms with Crippen LogP contribution in [0.15, 0.2) is 6.33 Å². The summed E-state index contributed by atoms with van der Waals surface area (Å²) in [6.07, 6.45) is 2.68. The van der Waals surface area contributed by atoms with E-state index in [1.54, 1.807) is 4.57 Å². The van der Waals surface area contributed by atoms with Crippen LogP contribution in [0.2, 0.25) is 10.3 Å². The zero-order valence-corrected chi connectivity index (χ0v) is 9.83. The van der Waals surface area contributed by atoms with Gasteiger partial charge in [0.15, 0.2) is 5.15 Å². The lowest BCUT2D eigenvalue weighted by Crippen LogP contribution is -2.12. The molecule has 0 fully saturated rings. The van der Waals surface area contributed by atoms with Gasteiger partial charge in [-0.1, -0.05) is 23.2 Å². The van der Waals surface area contributed by atoms with Gasteiger partial charge in [-0.3, -0.25) is 4.79 Å². The topological polar surface area (TPSA) is 72.2 Å². The highest BCUT2D eigenvalue weighted by Gasteiger charge is 2.10. The SMILES string of the molecule is O=C(O)C(=O)CCCCn1cnc(Cl)c1Cl. The van der Waals surface area contributed by atoms with Crippen LogP contribution < -0.4 is 0 Å². The third-order valence-electron chi connectivity index (χ3n) is 2.02. The summed E-state index contributed by atoms with van der Waals surface area (Å²) in [5, 5.41) is 8.93. The van der Waals surface area contributed by atoms with Crippen molar-refractivity contribution in [3.8, 4) is 0 Å². The highest BCUT2D eigenvalue weighted by Crippen LogP contribution is 2.19. The fraction of sp³-hybridized carbons (Fsp3) is 0.444. The Morgan fingerprint density at radius 3 is 2.56 bits per heavy atom. The van der Waals surface area contributed by atoms with E-state index in [1.807, 2.05) is 0 Å². The number of halogens is 2. The van der Waals surface area contributed by atoms with Crippen molar-refractivity contribution in [3.05, 3.63) is 16.6 Å². The number of carbonyl (C=O) groups is 2. The minimum absolute atomic E-state index is 0.0371. The van der Waals surface area contributed by atoms with Crippen LogP contribution in [0.1, 0.15) is 19.3 Å². The Bertz CT molecular complexity index is 403. The molecule has 88 valence electrons. The van der Waals surface area contributed by atoms with E-state index in [0.29, 0.717) is 24.5 Å². The monoisotopic (exact) mass is 264 g/mol. The molecular weight excluding hydrogens is 255 g/mol. The molecule has 0 bridgehead atoms. The van der Waals surface area contributed by atoms with E-state index in [9.17, 15) is 9.59 Å². The second-order valence-corrected chi connectivity index (χ2v) is 3.92. The number of rotatable bonds is 6. The van der Waals surface area contributed by atoms with Gasteiger partial charge in [0.2, 0.25) is 5.78 Å². The van der Waals surface area contributed by atoms with E-state index >= 15 is 0 Å². The van der Waals surface area contributed by atoms with Crippen molar-refractivity contribution < 1.29 is 14.7 Å². The summed E-state index contributed by atoms with van der Waals surface area (Å²) in [5.74, 6) is -2.15. The standard InChI is InChI=1S/C9H10Cl2N2O3/c10-7-8(11)13(5-12-7)4-2-1-3-6(14)9(15)16/h5H,1-4H2,(H,15,16). The van der Waals surface area contributed by atoms with Crippen LogP contribution in [0.3, 0.4) is 0 Å². The molecule has 1 aromatic rings. The fourth-order valence-corrected chi connectivity index (χ4v) is 1.50. The molecule has 0 aliphatic rings. The first-order valence-corrected chi connectivity index (χ1v) is 5.40. The molecule has 1 N–H and O–H groups in total. The highest BCUT2D eigenvalue weighted by molar-refractivity contribution is 6.40. The Labute approximate surface area is 102 Å². The summed E-state index contributed by atoms with van der Waals surface area (Å²) in [4.78, 5) is 24.8. The number of carbonyl (C=O) groups excluding carboxylic acids is 1. The Balaban J connectivity index is 2.29. The van der Waals surface area contributed by atoms with Crippen molar-refractivity contribution in [1.82, 2.24) is 9.55 Å². The molecule has 1 rings (SSSR count). The average Bonchev–Trinajstić information content (AvgIpc) is 2.55. The smallest absolute Gasteiger partial charge is 0.372 e. The van der Waals surface area contributed by atoms with Crippen molar-refractivity contribution in [2.45, 2.75) is 25.8 Å². The van der Waals surface area contributed by atoms with Gasteiger partial charge in [0.05, 0.1) is 6.33 Å². The van der Waals surface area contributed by atoms with E-state index in [-0.39, 0.29) is 11.6 Å². The lowest BCUT2D eigenvalue weighted by Gasteiger charge is -2.02. The number of aromatic nitrogens is 2. The number of aryl methyl sites for hydroxylation is 1. The number of hydrogen-bond donors (Lipinski definition) is 1. The van der Waals surface area contributed by atoms with Gasteiger partial charge in [0.25, 0.3) is 0 Å². The molecule has 0 aliphatic heterocycles. The third-order valence-corrected chi connectivity index (χ3v) is 2.79. The first-order chi connectivity index (χ1) is 7.52. The van der Waals surface area contributed by atoms with Crippen LogP contribution in [0, 0.1) is 0 Å². The molecule has 0 aliphatic carbocycles. The quantitative estimate of drug-likeness (QED) is 0.630. The molecule has 0 amide bonds. The first-order valence-electron chi connectivity index (χ1n) is 4.64. The van der Waals surface area contributed by atoms with E-state index in [0.717, 1.165) is 0 Å². The predicted octanol–water partition coefficient (Wildman–Crippen LogP) is 2.01. The Morgan fingerprint density at radius 2 is 2.06 bits per heavy atom. The van der Waals surface area contributed by atoms with Gasteiger partial charge in [-0.15, -0.1) is 0 Å². The minimum atomic E-state index is -1.39. The third kappa shape index (κ3) is 3.50. The number of hydrogen-bond acceptors (Lipinski definition) is 3. The summed E-state index contributed by atoms with van der Waals surface area (Å²) in [6.45, 7) is 0.561. The number of nitrogens with zero attached hydrogens (tertiary/aromatic N) is 2. The Kier molecular flexibility index (Phi) is 4.76. The Hall–Kier alpha value is -1.07. The van der Waals surface area contributed by atoms with Gasteiger partial charge < -0.3 is 9.67 Å². The fourth-order valence-electron chi connectivity index (χ4n) is 1.17. The molecular formula is C9H10Cl2N2O3. The van der Waals surface area contributed by atoms with Gasteiger partial charge in [-0.05, 0) is 12.8 Å². The van der Waals surface area contributed by atoms with Crippen LogP contribution in [0.5, 0.6) is 0 Å². The van der Waals surface area contributed by atoms with Gasteiger partial charge >= 0.3 is 5.97 Å². The van der Waals surface area contributed by atoms with Gasteiger partial charge in [0, 0.05) is 13.0 Å². The average molecular weight is 265 g/mol. The minimum Gasteiger partial charge on any atom is -0.476 e. The summed E-state index contributed by atoms with van der Waals surface area (Å²) in [6, 6.07) is 0. The molecule has 0 unspecified atom stereocenters. The van der Waals surface area contributed by atoms with E-state index in [4.69, 9.17) is 28.3 Å². The van der Waals surface area contributed by atoms with Crippen LogP contribution >= 0.6 is 23.2 Å². The lowest BCUT2D eigenvalue weighted by atomic mass is 10.2. The largest absolute Gasteiger partial charge is 0.476 e. The number of carboxylic acid groups (broad SMARTS) is 1. The van der Waals surface area contributed by atoms with Crippen LogP contribution in [0.25, 0.3) is 0 Å². The number of carboxylic acids is 1. The predicted molar refractivity (Wildman–Crippen MR) is 58.7 cm³/mol. The van der Waals surface area contributed by atoms with E-state index in [2.05, 4.69) is 4.98 Å². The summed E-state index contributed by atoms with van der Waals surface area (Å²) >= 11 is 11.4. The molecule has 5 nitrogen and oxygen atoms in total. The van der Waals surface area contributed by atoms with Crippen LogP contribution in [-0.4, -0.2) is 26.4 Å². The number of ketones is 1. The summed E-state index contributed by atoms with van der Waals surface area (Å²) in [5.41, 5.74) is 0. The van der Waals surface area contributed by atoms with Gasteiger partial charge in [-0.25, -0.2) is 9.78 Å². The number of imidazole rings is 1. The summed E-state index contributed by atoms with van der Waals surface area (Å²) in [7, 11) is 0. The molecule has 0 atom stereocenters. The van der Waals surface area contributed by atoms with E-state index < -0.39 is 11.8 Å². The van der Waals surface area contributed by atoms with Crippen molar-refractivity contribution in [2.75, 3.05) is 0 Å². The van der Waals surface area contributed by atoms with Gasteiger partial charge in [0.1, 0.15) is 5.15 Å². The molecule has 16 heavy (non-hydrogen) atoms. The number of Topliss-reactive ketones (excluding diaryl/α,β-unsaturated/α-hetero) is 1. The number of aliphatic carboxylic acids is 1. The maximum atomic E-state index is 10.8. The molecule has 0 radical (unpaired) electrons. The second-order valence-electron chi connectivity index (χ2n) is 3.21. The zero-order chi connectivity index (χ0) is 12.1. The Morgan fingerprint density at radius 1 is 1.38 bits per heavy atom. The van der Waals surface area contributed by atoms with Crippen molar-refractivity contribution in [2.24, 2.45) is 0 Å². The molecule has 0 saturated heterocycles. The molecule has 0 saturated carbocycles. The normalized spacial score (nSPS) is 10.4. The van der Waals surface area contributed by atoms with Crippen LogP contribution in [-0.2, 0) is 16.1 Å². The summed E-state index contributed by atoms with van der Waals surface area (Å²) < 4.78 is 1.65. The zero-order valence-electron chi connectivity index (χ0n) is 8.32. The number of unbranched alkanes of at least 4 members (excludes halogenated alkanes) is 1. The highest BCUT2D eigenvalue weighted by atomic mass is 35.5. The lowest BCUT2D eigenvalue weighted by molar-refractivity contribution is -0.149. The molecule has 0 aromatic carbocycles. The van der Waals surface area contributed by atoms with Crippen molar-refractivity contribution in [3.63, 3.8) is 0 Å². The maximum absolute atomic E-state index is 10.8. The molecule has 7 heteroatoms. The van der Waals surface area contributed by atoms with Crippen molar-refractivity contribution >= 4 is 35.0 Å². The second kappa shape index (κ2) is 5.86. The molecule has 1 heterocycles. The van der Waals surface area contributed by atoms with Crippen molar-refractivity contribution in [1.29, 1.82) is 0 Å². The van der Waals surface area contributed by atoms with Crippen LogP contribution in [0.4, 0.5) is 0 Å². The van der Waals surface area contributed by atoms with E-state index in [1.165, 1.54) is 6.33 Å².